The molecule has 3 aromatic heterocycles. The van der Waals surface area contributed by atoms with Gasteiger partial charge in [0.25, 0.3) is 0 Å². The summed E-state index contributed by atoms with van der Waals surface area (Å²) in [4.78, 5) is 35.7. The molecule has 2 aliphatic rings. The fraction of sp³-hybridized carbons (Fsp3) is 0.462. The van der Waals surface area contributed by atoms with Crippen LogP contribution in [0.3, 0.4) is 0 Å². The van der Waals surface area contributed by atoms with Crippen LogP contribution in [0.25, 0.3) is 22.3 Å². The van der Waals surface area contributed by atoms with Crippen molar-refractivity contribution < 1.29 is 4.79 Å². The van der Waals surface area contributed by atoms with E-state index in [1.807, 2.05) is 48.3 Å². The molecule has 0 radical (unpaired) electrons. The Labute approximate surface area is 216 Å². The van der Waals surface area contributed by atoms with Gasteiger partial charge in [0.2, 0.25) is 11.9 Å². The number of pyridine rings is 1. The Bertz CT molecular complexity index is 1240. The Morgan fingerprint density at radius 3 is 3.03 bits per heavy atom. The zero-order chi connectivity index (χ0) is 25.1. The molecular weight excluding hydrogens is 476 g/mol. The minimum Gasteiger partial charge on any atom is -0.350 e. The van der Waals surface area contributed by atoms with Gasteiger partial charge in [0.05, 0.1) is 16.9 Å². The molecule has 2 saturated heterocycles. The highest BCUT2D eigenvalue weighted by Crippen LogP contribution is 2.32. The molecular formula is C26H33ClN8O. The summed E-state index contributed by atoms with van der Waals surface area (Å²) in [7, 11) is 4.00. The molecule has 1 unspecified atom stereocenters. The fourth-order valence-corrected chi connectivity index (χ4v) is 5.29. The Morgan fingerprint density at radius 1 is 1.28 bits per heavy atom. The molecule has 9 nitrogen and oxygen atoms in total. The van der Waals surface area contributed by atoms with Crippen LogP contribution in [-0.2, 0) is 4.79 Å². The lowest BCUT2D eigenvalue weighted by Crippen LogP contribution is -2.33. The van der Waals surface area contributed by atoms with Gasteiger partial charge >= 0.3 is 0 Å². The van der Waals surface area contributed by atoms with Crippen molar-refractivity contribution in [2.45, 2.75) is 18.9 Å². The van der Waals surface area contributed by atoms with Gasteiger partial charge in [-0.3, -0.25) is 4.79 Å². The van der Waals surface area contributed by atoms with Crippen LogP contribution in [0.15, 0.2) is 42.9 Å². The van der Waals surface area contributed by atoms with Crippen molar-refractivity contribution >= 4 is 34.5 Å². The van der Waals surface area contributed by atoms with Crippen LogP contribution in [0.1, 0.15) is 12.8 Å². The van der Waals surface area contributed by atoms with Gasteiger partial charge in [-0.05, 0) is 45.0 Å². The van der Waals surface area contributed by atoms with Gasteiger partial charge in [-0.15, -0.1) is 0 Å². The molecule has 3 aromatic rings. The van der Waals surface area contributed by atoms with E-state index in [-0.39, 0.29) is 11.9 Å². The van der Waals surface area contributed by atoms with Crippen molar-refractivity contribution in [1.82, 2.24) is 34.6 Å². The summed E-state index contributed by atoms with van der Waals surface area (Å²) < 4.78 is 0. The molecule has 5 rings (SSSR count). The average Bonchev–Trinajstić information content (AvgIpc) is 3.61. The first-order valence-electron chi connectivity index (χ1n) is 12.5. The van der Waals surface area contributed by atoms with Crippen LogP contribution in [0.5, 0.6) is 0 Å². The van der Waals surface area contributed by atoms with Crippen LogP contribution in [0.2, 0.25) is 5.02 Å². The van der Waals surface area contributed by atoms with Gasteiger partial charge in [-0.1, -0.05) is 17.7 Å². The predicted octanol–water partition coefficient (Wildman–Crippen LogP) is 3.13. The molecule has 0 aromatic carbocycles. The van der Waals surface area contributed by atoms with Gasteiger partial charge in [0, 0.05) is 74.7 Å². The van der Waals surface area contributed by atoms with E-state index < -0.39 is 0 Å². The highest BCUT2D eigenvalue weighted by atomic mass is 35.5. The van der Waals surface area contributed by atoms with Crippen molar-refractivity contribution in [3.63, 3.8) is 0 Å². The van der Waals surface area contributed by atoms with Gasteiger partial charge in [0.1, 0.15) is 5.65 Å². The van der Waals surface area contributed by atoms with E-state index in [1.54, 1.807) is 18.5 Å². The van der Waals surface area contributed by atoms with E-state index in [4.69, 9.17) is 16.6 Å². The van der Waals surface area contributed by atoms with E-state index >= 15 is 0 Å². The number of hydrogen-bond acceptors (Lipinski definition) is 7. The number of hydrogen-bond donors (Lipinski definition) is 2. The average molecular weight is 509 g/mol. The molecule has 2 aliphatic heterocycles. The van der Waals surface area contributed by atoms with Crippen LogP contribution in [0, 0.1) is 5.92 Å². The number of carbonyl (C=O) groups excluding carboxylic acids is 1. The number of carbonyl (C=O) groups is 1. The van der Waals surface area contributed by atoms with Gasteiger partial charge in [0.15, 0.2) is 0 Å². The number of halogens is 1. The van der Waals surface area contributed by atoms with Crippen molar-refractivity contribution in [2.24, 2.45) is 5.92 Å². The first-order chi connectivity index (χ1) is 17.5. The lowest BCUT2D eigenvalue weighted by atomic mass is 10.1. The standard InChI is InChI=1S/C26H33ClN8O/c1-33(2)10-4-6-23(36)35-12-7-18(16-35)15-34-11-8-19(17-34)31-26-30-14-22(27)24(32-26)21-13-29-25-20(21)5-3-9-28-25/h3-6,9,13-14,18-19H,7-8,10-12,15-17H2,1-2H3,(H,28,29)(H,30,31,32)/b6-4+/t18?,19-/m1/s1. The molecule has 0 bridgehead atoms. The Hall–Kier alpha value is -3.01. The van der Waals surface area contributed by atoms with Crippen molar-refractivity contribution in [3.8, 4) is 11.3 Å². The SMILES string of the molecule is CN(C)C/C=C/C(=O)N1CCC(CN2CC[C@@H](Nc3ncc(Cl)c(-c4c[nH]c5ncccc45)n3)C2)C1. The summed E-state index contributed by atoms with van der Waals surface area (Å²) in [6, 6.07) is 4.19. The molecule has 2 N–H and O–H groups in total. The zero-order valence-electron chi connectivity index (χ0n) is 20.8. The number of likely N-dealkylation sites (tertiary alicyclic amines) is 2. The quantitative estimate of drug-likeness (QED) is 0.451. The number of likely N-dealkylation sites (N-methyl/N-ethyl adjacent to an activating group) is 1. The number of anilines is 1. The van der Waals surface area contributed by atoms with Crippen LogP contribution < -0.4 is 5.32 Å². The molecule has 2 atom stereocenters. The van der Waals surface area contributed by atoms with Crippen molar-refractivity contribution in [1.29, 1.82) is 0 Å². The van der Waals surface area contributed by atoms with E-state index in [1.165, 1.54) is 0 Å². The van der Waals surface area contributed by atoms with Crippen LogP contribution in [0.4, 0.5) is 5.95 Å². The number of aromatic nitrogens is 4. The van der Waals surface area contributed by atoms with Gasteiger partial charge in [-0.25, -0.2) is 15.0 Å². The zero-order valence-corrected chi connectivity index (χ0v) is 21.6. The van der Waals surface area contributed by atoms with E-state index in [0.29, 0.717) is 22.6 Å². The Balaban J connectivity index is 1.15. The largest absolute Gasteiger partial charge is 0.350 e. The summed E-state index contributed by atoms with van der Waals surface area (Å²) in [5.74, 6) is 1.23. The monoisotopic (exact) mass is 508 g/mol. The van der Waals surface area contributed by atoms with Gasteiger partial charge < -0.3 is 25.0 Å². The third-order valence-electron chi connectivity index (χ3n) is 6.90. The lowest BCUT2D eigenvalue weighted by molar-refractivity contribution is -0.125. The summed E-state index contributed by atoms with van der Waals surface area (Å²) in [6.45, 7) is 5.44. The molecule has 190 valence electrons. The number of nitrogens with zero attached hydrogens (tertiary/aromatic N) is 6. The highest BCUT2D eigenvalue weighted by Gasteiger charge is 2.30. The number of nitrogens with one attached hydrogen (secondary N) is 2. The number of aromatic amines is 1. The summed E-state index contributed by atoms with van der Waals surface area (Å²) in [6.07, 6.45) is 11.0. The predicted molar refractivity (Wildman–Crippen MR) is 143 cm³/mol. The fourth-order valence-electron chi connectivity index (χ4n) is 5.09. The Morgan fingerprint density at radius 2 is 2.17 bits per heavy atom. The molecule has 10 heteroatoms. The second kappa shape index (κ2) is 10.9. The van der Waals surface area contributed by atoms with E-state index in [0.717, 1.165) is 68.7 Å². The number of amides is 1. The lowest BCUT2D eigenvalue weighted by Gasteiger charge is -2.21. The number of H-pyrrole nitrogens is 1. The molecule has 5 heterocycles. The van der Waals surface area contributed by atoms with E-state index in [9.17, 15) is 4.79 Å². The minimum atomic E-state index is 0.127. The first-order valence-corrected chi connectivity index (χ1v) is 12.9. The van der Waals surface area contributed by atoms with Crippen molar-refractivity contribution in [2.75, 3.05) is 58.7 Å². The molecule has 0 aliphatic carbocycles. The molecule has 0 spiro atoms. The van der Waals surface area contributed by atoms with Crippen molar-refractivity contribution in [3.05, 3.63) is 47.9 Å². The topological polar surface area (TPSA) is 93.3 Å². The molecule has 36 heavy (non-hydrogen) atoms. The smallest absolute Gasteiger partial charge is 0.246 e. The highest BCUT2D eigenvalue weighted by molar-refractivity contribution is 6.33. The summed E-state index contributed by atoms with van der Waals surface area (Å²) in [5.41, 5.74) is 2.41. The number of fused-ring (bicyclic) bond motifs is 1. The Kier molecular flexibility index (Phi) is 7.50. The molecule has 2 fully saturated rings. The minimum absolute atomic E-state index is 0.127. The normalized spacial score (nSPS) is 20.8. The maximum Gasteiger partial charge on any atom is 0.246 e. The maximum atomic E-state index is 12.4. The third-order valence-corrected chi connectivity index (χ3v) is 7.18. The van der Waals surface area contributed by atoms with E-state index in [2.05, 4.69) is 25.2 Å². The van der Waals surface area contributed by atoms with Gasteiger partial charge in [-0.2, -0.15) is 0 Å². The van der Waals surface area contributed by atoms with Crippen LogP contribution in [-0.4, -0.2) is 99.9 Å². The molecule has 1 amide bonds. The third kappa shape index (κ3) is 5.69. The maximum absolute atomic E-state index is 12.4. The first kappa shape index (κ1) is 24.7. The van der Waals surface area contributed by atoms with Crippen LogP contribution >= 0.6 is 11.6 Å². The molecule has 0 saturated carbocycles. The number of rotatable bonds is 8. The summed E-state index contributed by atoms with van der Waals surface area (Å²) in [5, 5.41) is 5.00. The second-order valence-electron chi connectivity index (χ2n) is 9.99. The second-order valence-corrected chi connectivity index (χ2v) is 10.4. The summed E-state index contributed by atoms with van der Waals surface area (Å²) >= 11 is 6.47.